The molecule has 0 fully saturated rings. The van der Waals surface area contributed by atoms with Crippen LogP contribution in [0.3, 0.4) is 0 Å². The molecule has 0 aliphatic rings. The zero-order valence-corrected chi connectivity index (χ0v) is 8.37. The van der Waals surface area contributed by atoms with Gasteiger partial charge in [-0.05, 0) is 25.2 Å². The monoisotopic (exact) mass is 168 g/mol. The molecule has 0 spiro atoms. The summed E-state index contributed by atoms with van der Waals surface area (Å²) in [6.45, 7) is 10.1. The lowest BCUT2D eigenvalue weighted by atomic mass is 10.2. The smallest absolute Gasteiger partial charge is 0.00950 e. The van der Waals surface area contributed by atoms with Crippen LogP contribution in [0, 0.1) is 0 Å². The molecule has 0 nitrogen and oxygen atoms in total. The van der Waals surface area contributed by atoms with E-state index in [2.05, 4.69) is 32.6 Å². The molecule has 0 aliphatic heterocycles. The van der Waals surface area contributed by atoms with E-state index in [9.17, 15) is 0 Å². The molecule has 0 radical (unpaired) electrons. The zero-order valence-electron chi connectivity index (χ0n) is 7.55. The van der Waals surface area contributed by atoms with Crippen LogP contribution in [0.1, 0.15) is 20.8 Å². The van der Waals surface area contributed by atoms with Gasteiger partial charge in [-0.1, -0.05) is 31.7 Å². The summed E-state index contributed by atoms with van der Waals surface area (Å²) in [6, 6.07) is 0. The number of rotatable bonds is 4. The molecule has 1 heteroatoms. The molecular formula is C10H16S. The first-order valence-electron chi connectivity index (χ1n) is 3.85. The quantitative estimate of drug-likeness (QED) is 0.576. The standard InChI is InChI=1S/C10H16S/c1-5-8-9(4)10(6-2)11-7-3/h5-6,8H,2,7H2,1,3-4H3/b8-5-,10-9+. The van der Waals surface area contributed by atoms with Crippen LogP contribution in [0.15, 0.2) is 35.3 Å². The Kier molecular flexibility index (Phi) is 6.05. The minimum Gasteiger partial charge on any atom is -0.126 e. The van der Waals surface area contributed by atoms with Crippen LogP contribution in [0.4, 0.5) is 0 Å². The van der Waals surface area contributed by atoms with Gasteiger partial charge in [0.05, 0.1) is 0 Å². The average Bonchev–Trinajstić information content (AvgIpc) is 2.00. The molecule has 62 valence electrons. The van der Waals surface area contributed by atoms with Gasteiger partial charge in [0, 0.05) is 4.91 Å². The first-order chi connectivity index (χ1) is 5.26. The number of thioether (sulfide) groups is 1. The van der Waals surface area contributed by atoms with Crippen molar-refractivity contribution < 1.29 is 0 Å². The van der Waals surface area contributed by atoms with E-state index in [-0.39, 0.29) is 0 Å². The van der Waals surface area contributed by atoms with Gasteiger partial charge < -0.3 is 0 Å². The fraction of sp³-hybridized carbons (Fsp3) is 0.400. The highest BCUT2D eigenvalue weighted by Gasteiger charge is 1.93. The van der Waals surface area contributed by atoms with Crippen molar-refractivity contribution in [2.45, 2.75) is 20.8 Å². The highest BCUT2D eigenvalue weighted by Crippen LogP contribution is 2.20. The second-order valence-corrected chi connectivity index (χ2v) is 3.49. The molecule has 0 bridgehead atoms. The summed E-state index contributed by atoms with van der Waals surface area (Å²) < 4.78 is 0. The van der Waals surface area contributed by atoms with E-state index >= 15 is 0 Å². The van der Waals surface area contributed by atoms with Gasteiger partial charge in [-0.25, -0.2) is 0 Å². The Morgan fingerprint density at radius 2 is 2.18 bits per heavy atom. The van der Waals surface area contributed by atoms with Crippen molar-refractivity contribution in [2.75, 3.05) is 5.75 Å². The molecule has 0 unspecified atom stereocenters. The fourth-order valence-electron chi connectivity index (χ4n) is 0.821. The Balaban J connectivity index is 4.38. The van der Waals surface area contributed by atoms with Crippen LogP contribution >= 0.6 is 11.8 Å². The van der Waals surface area contributed by atoms with E-state index in [1.54, 1.807) is 0 Å². The van der Waals surface area contributed by atoms with E-state index in [0.29, 0.717) is 0 Å². The molecule has 0 N–H and O–H groups in total. The van der Waals surface area contributed by atoms with Gasteiger partial charge in [-0.3, -0.25) is 0 Å². The van der Waals surface area contributed by atoms with Crippen LogP contribution in [-0.4, -0.2) is 5.75 Å². The highest BCUT2D eigenvalue weighted by atomic mass is 32.2. The summed E-state index contributed by atoms with van der Waals surface area (Å²) in [5, 5.41) is 0. The van der Waals surface area contributed by atoms with E-state index in [0.717, 1.165) is 5.75 Å². The molecule has 0 rings (SSSR count). The SMILES string of the molecule is C=C/C(SCC)=C(C)\C=C/C. The number of hydrogen-bond acceptors (Lipinski definition) is 1. The molecule has 0 aromatic heterocycles. The Hall–Kier alpha value is -0.430. The Labute approximate surface area is 74.1 Å². The number of allylic oxidation sites excluding steroid dienone is 4. The normalized spacial score (nSPS) is 13.4. The van der Waals surface area contributed by atoms with Gasteiger partial charge in [0.25, 0.3) is 0 Å². The molecule has 11 heavy (non-hydrogen) atoms. The van der Waals surface area contributed by atoms with Crippen LogP contribution in [0.5, 0.6) is 0 Å². The van der Waals surface area contributed by atoms with Crippen molar-refractivity contribution in [2.24, 2.45) is 0 Å². The Bertz CT molecular complexity index is 175. The third-order valence-electron chi connectivity index (χ3n) is 1.29. The predicted molar refractivity (Wildman–Crippen MR) is 55.8 cm³/mol. The molecule has 0 amide bonds. The average molecular weight is 168 g/mol. The molecule has 0 aromatic carbocycles. The van der Waals surface area contributed by atoms with Crippen molar-refractivity contribution in [3.63, 3.8) is 0 Å². The lowest BCUT2D eigenvalue weighted by molar-refractivity contribution is 1.47. The molecule has 0 saturated carbocycles. The second kappa shape index (κ2) is 6.29. The first-order valence-corrected chi connectivity index (χ1v) is 4.83. The Morgan fingerprint density at radius 3 is 2.55 bits per heavy atom. The minimum absolute atomic E-state index is 1.11. The van der Waals surface area contributed by atoms with Crippen LogP contribution in [0.2, 0.25) is 0 Å². The topological polar surface area (TPSA) is 0 Å². The third kappa shape index (κ3) is 4.10. The van der Waals surface area contributed by atoms with Crippen LogP contribution < -0.4 is 0 Å². The molecule has 0 atom stereocenters. The summed E-state index contributed by atoms with van der Waals surface area (Å²) in [6.07, 6.45) is 6.08. The minimum atomic E-state index is 1.11. The molecule has 0 heterocycles. The van der Waals surface area contributed by atoms with E-state index in [4.69, 9.17) is 0 Å². The maximum Gasteiger partial charge on any atom is 0.00950 e. The second-order valence-electron chi connectivity index (χ2n) is 2.18. The Morgan fingerprint density at radius 1 is 1.55 bits per heavy atom. The highest BCUT2D eigenvalue weighted by molar-refractivity contribution is 8.03. The zero-order chi connectivity index (χ0) is 8.69. The lowest BCUT2D eigenvalue weighted by Crippen LogP contribution is -1.77. The van der Waals surface area contributed by atoms with Crippen molar-refractivity contribution in [3.05, 3.63) is 35.3 Å². The maximum absolute atomic E-state index is 3.77. The van der Waals surface area contributed by atoms with Gasteiger partial charge in [0.2, 0.25) is 0 Å². The van der Waals surface area contributed by atoms with Crippen molar-refractivity contribution >= 4 is 11.8 Å². The lowest BCUT2D eigenvalue weighted by Gasteiger charge is -2.01. The molecular weight excluding hydrogens is 152 g/mol. The van der Waals surface area contributed by atoms with Gasteiger partial charge >= 0.3 is 0 Å². The first kappa shape index (κ1) is 10.6. The largest absolute Gasteiger partial charge is 0.126 e. The molecule has 0 saturated heterocycles. The molecule has 0 aromatic rings. The maximum atomic E-state index is 3.77. The van der Waals surface area contributed by atoms with Crippen molar-refractivity contribution in [1.29, 1.82) is 0 Å². The van der Waals surface area contributed by atoms with E-state index < -0.39 is 0 Å². The van der Waals surface area contributed by atoms with E-state index in [1.807, 2.05) is 24.8 Å². The van der Waals surface area contributed by atoms with Crippen molar-refractivity contribution in [3.8, 4) is 0 Å². The van der Waals surface area contributed by atoms with Gasteiger partial charge in [0.15, 0.2) is 0 Å². The van der Waals surface area contributed by atoms with Gasteiger partial charge in [-0.15, -0.1) is 11.8 Å². The van der Waals surface area contributed by atoms with Gasteiger partial charge in [-0.2, -0.15) is 0 Å². The summed E-state index contributed by atoms with van der Waals surface area (Å²) in [7, 11) is 0. The predicted octanol–water partition coefficient (Wildman–Crippen LogP) is 3.78. The summed E-state index contributed by atoms with van der Waals surface area (Å²) in [5.74, 6) is 1.11. The van der Waals surface area contributed by atoms with Gasteiger partial charge in [0.1, 0.15) is 0 Å². The summed E-state index contributed by atoms with van der Waals surface area (Å²) in [5.41, 5.74) is 1.30. The van der Waals surface area contributed by atoms with Crippen molar-refractivity contribution in [1.82, 2.24) is 0 Å². The van der Waals surface area contributed by atoms with Crippen LogP contribution in [0.25, 0.3) is 0 Å². The fourth-order valence-corrected chi connectivity index (χ4v) is 1.55. The van der Waals surface area contributed by atoms with Crippen LogP contribution in [-0.2, 0) is 0 Å². The molecule has 0 aliphatic carbocycles. The summed E-state index contributed by atoms with van der Waals surface area (Å²) in [4.78, 5) is 1.28. The van der Waals surface area contributed by atoms with E-state index in [1.165, 1.54) is 10.5 Å². The summed E-state index contributed by atoms with van der Waals surface area (Å²) >= 11 is 1.83. The number of hydrogen-bond donors (Lipinski definition) is 0. The third-order valence-corrected chi connectivity index (χ3v) is 2.38.